The second kappa shape index (κ2) is 10.5. The molecule has 8 nitrogen and oxygen atoms in total. The maximum Gasteiger partial charge on any atom is 0.255 e. The summed E-state index contributed by atoms with van der Waals surface area (Å²) < 4.78 is 26.4. The van der Waals surface area contributed by atoms with Gasteiger partial charge in [0.25, 0.3) is 11.8 Å². The molecule has 0 aliphatic rings. The minimum atomic E-state index is -3.44. The molecule has 1 heterocycles. The zero-order chi connectivity index (χ0) is 23.0. The number of carbonyl (C=O) groups excluding carboxylic acids is 2. The van der Waals surface area contributed by atoms with Gasteiger partial charge in [-0.15, -0.1) is 0 Å². The molecule has 2 aromatic carbocycles. The Bertz CT molecular complexity index is 1200. The Morgan fingerprint density at radius 1 is 0.875 bits per heavy atom. The van der Waals surface area contributed by atoms with E-state index in [0.29, 0.717) is 28.9 Å². The second-order valence-electron chi connectivity index (χ2n) is 7.07. The van der Waals surface area contributed by atoms with Crippen molar-refractivity contribution in [3.63, 3.8) is 0 Å². The largest absolute Gasteiger partial charge is 0.348 e. The molecule has 0 bridgehead atoms. The number of rotatable bonds is 9. The fourth-order valence-corrected chi connectivity index (χ4v) is 4.10. The van der Waals surface area contributed by atoms with Crippen LogP contribution in [0.5, 0.6) is 0 Å². The highest BCUT2D eigenvalue weighted by atomic mass is 32.2. The lowest BCUT2D eigenvalue weighted by atomic mass is 10.1. The zero-order valence-electron chi connectivity index (χ0n) is 17.5. The van der Waals surface area contributed by atoms with Crippen molar-refractivity contribution >= 4 is 33.2 Å². The molecule has 1 aromatic heterocycles. The molecule has 32 heavy (non-hydrogen) atoms. The monoisotopic (exact) mass is 452 g/mol. The van der Waals surface area contributed by atoms with Crippen LogP contribution in [0.3, 0.4) is 0 Å². The molecule has 0 unspecified atom stereocenters. The summed E-state index contributed by atoms with van der Waals surface area (Å²) >= 11 is 0. The van der Waals surface area contributed by atoms with Crippen LogP contribution >= 0.6 is 0 Å². The average Bonchev–Trinajstić information content (AvgIpc) is 2.78. The molecule has 3 aromatic rings. The molecule has 0 saturated carbocycles. The van der Waals surface area contributed by atoms with E-state index in [1.165, 1.54) is 6.07 Å². The minimum Gasteiger partial charge on any atom is -0.348 e. The molecule has 9 heteroatoms. The number of anilines is 2. The predicted octanol–water partition coefficient (Wildman–Crippen LogP) is 3.42. The molecule has 3 rings (SSSR count). The minimum absolute atomic E-state index is 0.0114. The fourth-order valence-electron chi connectivity index (χ4n) is 2.97. The third-order valence-electron chi connectivity index (χ3n) is 4.45. The summed E-state index contributed by atoms with van der Waals surface area (Å²) in [7, 11) is -3.44. The van der Waals surface area contributed by atoms with Crippen LogP contribution in [-0.4, -0.2) is 31.0 Å². The molecule has 0 spiro atoms. The van der Waals surface area contributed by atoms with Gasteiger partial charge in [-0.25, -0.2) is 8.42 Å². The Morgan fingerprint density at radius 3 is 2.34 bits per heavy atom. The lowest BCUT2D eigenvalue weighted by Crippen LogP contribution is -2.23. The number of pyridine rings is 1. The van der Waals surface area contributed by atoms with E-state index in [4.69, 9.17) is 0 Å². The van der Waals surface area contributed by atoms with Crippen LogP contribution in [0.1, 0.15) is 39.6 Å². The number of amides is 2. The van der Waals surface area contributed by atoms with E-state index in [-0.39, 0.29) is 24.1 Å². The van der Waals surface area contributed by atoms with Gasteiger partial charge < -0.3 is 10.6 Å². The molecule has 0 radical (unpaired) electrons. The maximum atomic E-state index is 12.5. The summed E-state index contributed by atoms with van der Waals surface area (Å²) in [5, 5.41) is 5.62. The van der Waals surface area contributed by atoms with Crippen LogP contribution in [0.15, 0.2) is 73.1 Å². The van der Waals surface area contributed by atoms with Crippen molar-refractivity contribution in [2.45, 2.75) is 19.9 Å². The molecule has 166 valence electrons. The van der Waals surface area contributed by atoms with Crippen LogP contribution in [0, 0.1) is 0 Å². The van der Waals surface area contributed by atoms with Crippen molar-refractivity contribution in [3.05, 3.63) is 89.7 Å². The van der Waals surface area contributed by atoms with Gasteiger partial charge in [-0.1, -0.05) is 25.1 Å². The van der Waals surface area contributed by atoms with E-state index >= 15 is 0 Å². The smallest absolute Gasteiger partial charge is 0.255 e. The van der Waals surface area contributed by atoms with Crippen molar-refractivity contribution in [3.8, 4) is 0 Å². The van der Waals surface area contributed by atoms with E-state index in [0.717, 1.165) is 5.56 Å². The summed E-state index contributed by atoms with van der Waals surface area (Å²) in [6.45, 7) is 2.02. The summed E-state index contributed by atoms with van der Waals surface area (Å²) in [6.07, 6.45) is 3.59. The van der Waals surface area contributed by atoms with E-state index in [2.05, 4.69) is 20.3 Å². The Balaban J connectivity index is 1.61. The standard InChI is InChI=1S/C23H24N4O4S/c1-2-13-32(30,31)27-21-8-4-6-19(15-21)22(28)25-16-17-5-3-7-20(14-17)26-23(29)18-9-11-24-12-10-18/h3-12,14-15,27H,2,13,16H2,1H3,(H,25,28)(H,26,29). The average molecular weight is 453 g/mol. The molecule has 0 aliphatic heterocycles. The molecule has 0 atom stereocenters. The highest BCUT2D eigenvalue weighted by Gasteiger charge is 2.12. The number of sulfonamides is 1. The quantitative estimate of drug-likeness (QED) is 0.460. The van der Waals surface area contributed by atoms with Crippen LogP contribution in [-0.2, 0) is 16.6 Å². The Hall–Kier alpha value is -3.72. The molecule has 0 fully saturated rings. The van der Waals surface area contributed by atoms with E-state index in [1.807, 2.05) is 6.07 Å². The second-order valence-corrected chi connectivity index (χ2v) is 8.92. The number of carbonyl (C=O) groups is 2. The Morgan fingerprint density at radius 2 is 1.59 bits per heavy atom. The van der Waals surface area contributed by atoms with Gasteiger partial charge in [-0.05, 0) is 54.4 Å². The molecular formula is C23H24N4O4S. The number of benzene rings is 2. The van der Waals surface area contributed by atoms with Gasteiger partial charge in [0.05, 0.1) is 5.75 Å². The van der Waals surface area contributed by atoms with Crippen molar-refractivity contribution < 1.29 is 18.0 Å². The normalized spacial score (nSPS) is 10.9. The van der Waals surface area contributed by atoms with Gasteiger partial charge in [0.15, 0.2) is 0 Å². The number of aromatic nitrogens is 1. The van der Waals surface area contributed by atoms with Gasteiger partial charge in [-0.3, -0.25) is 19.3 Å². The summed E-state index contributed by atoms with van der Waals surface area (Å²) in [5.74, 6) is -0.582. The highest BCUT2D eigenvalue weighted by Crippen LogP contribution is 2.15. The summed E-state index contributed by atoms with van der Waals surface area (Å²) in [5.41, 5.74) is 2.57. The van der Waals surface area contributed by atoms with Gasteiger partial charge in [0.1, 0.15) is 0 Å². The molecule has 3 N–H and O–H groups in total. The van der Waals surface area contributed by atoms with Gasteiger partial charge >= 0.3 is 0 Å². The zero-order valence-corrected chi connectivity index (χ0v) is 18.4. The van der Waals surface area contributed by atoms with Crippen molar-refractivity contribution in [1.82, 2.24) is 10.3 Å². The first-order valence-corrected chi connectivity index (χ1v) is 11.7. The van der Waals surface area contributed by atoms with Gasteiger partial charge in [-0.2, -0.15) is 0 Å². The van der Waals surface area contributed by atoms with Crippen molar-refractivity contribution in [1.29, 1.82) is 0 Å². The number of nitrogens with zero attached hydrogens (tertiary/aromatic N) is 1. The topological polar surface area (TPSA) is 117 Å². The predicted molar refractivity (Wildman–Crippen MR) is 124 cm³/mol. The van der Waals surface area contributed by atoms with Crippen LogP contribution in [0.25, 0.3) is 0 Å². The number of hydrogen-bond donors (Lipinski definition) is 3. The van der Waals surface area contributed by atoms with Crippen LogP contribution in [0.2, 0.25) is 0 Å². The lowest BCUT2D eigenvalue weighted by molar-refractivity contribution is 0.0950. The molecule has 2 amide bonds. The fraction of sp³-hybridized carbons (Fsp3) is 0.174. The first kappa shape index (κ1) is 23.0. The van der Waals surface area contributed by atoms with E-state index in [9.17, 15) is 18.0 Å². The summed E-state index contributed by atoms with van der Waals surface area (Å²) in [6, 6.07) is 16.7. The SMILES string of the molecule is CCCS(=O)(=O)Nc1cccc(C(=O)NCc2cccc(NC(=O)c3ccncc3)c2)c1. The molecular weight excluding hydrogens is 428 g/mol. The first-order valence-electron chi connectivity index (χ1n) is 10.1. The molecule has 0 aliphatic carbocycles. The van der Waals surface area contributed by atoms with Gasteiger partial charge in [0.2, 0.25) is 10.0 Å². The van der Waals surface area contributed by atoms with E-state index in [1.54, 1.807) is 67.8 Å². The number of hydrogen-bond acceptors (Lipinski definition) is 5. The third-order valence-corrected chi connectivity index (χ3v) is 5.94. The number of nitrogens with one attached hydrogen (secondary N) is 3. The maximum absolute atomic E-state index is 12.5. The lowest BCUT2D eigenvalue weighted by Gasteiger charge is -2.10. The van der Waals surface area contributed by atoms with Gasteiger partial charge in [0, 0.05) is 41.4 Å². The first-order chi connectivity index (χ1) is 15.4. The third kappa shape index (κ3) is 6.64. The van der Waals surface area contributed by atoms with E-state index < -0.39 is 10.0 Å². The van der Waals surface area contributed by atoms with Crippen molar-refractivity contribution in [2.75, 3.05) is 15.8 Å². The Kier molecular flexibility index (Phi) is 7.56. The summed E-state index contributed by atoms with van der Waals surface area (Å²) in [4.78, 5) is 28.7. The Labute approximate surface area is 187 Å². The highest BCUT2D eigenvalue weighted by molar-refractivity contribution is 7.92. The van der Waals surface area contributed by atoms with Crippen molar-refractivity contribution in [2.24, 2.45) is 0 Å². The van der Waals surface area contributed by atoms with Crippen LogP contribution < -0.4 is 15.4 Å². The molecule has 0 saturated heterocycles. The van der Waals surface area contributed by atoms with Crippen LogP contribution in [0.4, 0.5) is 11.4 Å².